The number of H-pyrrole nitrogens is 1. The number of nitrogens with one attached hydrogen (secondary N) is 1. The summed E-state index contributed by atoms with van der Waals surface area (Å²) in [4.78, 5) is 19.4. The fourth-order valence-electron chi connectivity index (χ4n) is 1.82. The van der Waals surface area contributed by atoms with Gasteiger partial charge in [0.2, 0.25) is 0 Å². The summed E-state index contributed by atoms with van der Waals surface area (Å²) in [6.45, 7) is 2.67. The van der Waals surface area contributed by atoms with Gasteiger partial charge in [-0.2, -0.15) is 10.2 Å². The van der Waals surface area contributed by atoms with Gasteiger partial charge >= 0.3 is 5.69 Å². The molecule has 0 fully saturated rings. The topological polar surface area (TPSA) is 72.8 Å². The number of rotatable bonds is 3. The second-order valence-corrected chi connectivity index (χ2v) is 4.35. The van der Waals surface area contributed by atoms with Gasteiger partial charge in [0.05, 0.1) is 0 Å². The quantitative estimate of drug-likeness (QED) is 0.902. The van der Waals surface area contributed by atoms with Crippen LogP contribution in [0.15, 0.2) is 35.1 Å². The first-order valence-electron chi connectivity index (χ1n) is 5.87. The molecule has 1 heterocycles. The third kappa shape index (κ3) is 2.99. The van der Waals surface area contributed by atoms with Gasteiger partial charge in [0.1, 0.15) is 17.6 Å². The molecule has 0 aliphatic carbocycles. The van der Waals surface area contributed by atoms with Gasteiger partial charge < -0.3 is 4.90 Å². The van der Waals surface area contributed by atoms with E-state index in [0.717, 1.165) is 5.56 Å². The molecule has 0 atom stereocenters. The van der Waals surface area contributed by atoms with Crippen molar-refractivity contribution in [3.8, 4) is 6.07 Å². The summed E-state index contributed by atoms with van der Waals surface area (Å²) in [6, 6.07) is 11.5. The zero-order chi connectivity index (χ0) is 13.8. The smallest absolute Gasteiger partial charge is 0.347 e. The minimum absolute atomic E-state index is 0.214. The van der Waals surface area contributed by atoms with E-state index in [-0.39, 0.29) is 5.69 Å². The molecule has 96 valence electrons. The number of aryl methyl sites for hydroxylation is 1. The average Bonchev–Trinajstić information content (AvgIpc) is 2.40. The van der Waals surface area contributed by atoms with E-state index in [1.807, 2.05) is 49.2 Å². The van der Waals surface area contributed by atoms with Crippen LogP contribution < -0.4 is 10.6 Å². The molecule has 1 aromatic carbocycles. The van der Waals surface area contributed by atoms with Crippen LogP contribution in [-0.2, 0) is 6.54 Å². The molecule has 19 heavy (non-hydrogen) atoms. The van der Waals surface area contributed by atoms with Gasteiger partial charge in [-0.25, -0.2) is 4.79 Å². The average molecular weight is 254 g/mol. The maximum Gasteiger partial charge on any atom is 0.347 e. The Morgan fingerprint density at radius 2 is 2.16 bits per heavy atom. The van der Waals surface area contributed by atoms with E-state index in [9.17, 15) is 4.79 Å². The largest absolute Gasteiger partial charge is 0.355 e. The molecular formula is C14H14N4O. The lowest BCUT2D eigenvalue weighted by Crippen LogP contribution is -2.23. The van der Waals surface area contributed by atoms with E-state index in [0.29, 0.717) is 12.4 Å². The summed E-state index contributed by atoms with van der Waals surface area (Å²) in [7, 11) is 1.84. The molecule has 2 aromatic rings. The van der Waals surface area contributed by atoms with Crippen molar-refractivity contribution < 1.29 is 0 Å². The third-order valence-electron chi connectivity index (χ3n) is 2.91. The molecule has 2 rings (SSSR count). The van der Waals surface area contributed by atoms with Crippen LogP contribution >= 0.6 is 0 Å². The van der Waals surface area contributed by atoms with Crippen molar-refractivity contribution in [3.05, 3.63) is 57.6 Å². The van der Waals surface area contributed by atoms with Gasteiger partial charge in [0.15, 0.2) is 0 Å². The SMILES string of the molecule is Cc1ccccc1CN(C)c1cc(C#N)[nH]c(=O)n1. The summed E-state index contributed by atoms with van der Waals surface area (Å²) in [5.74, 6) is 0.489. The normalized spacial score (nSPS) is 9.95. The fourth-order valence-corrected chi connectivity index (χ4v) is 1.82. The van der Waals surface area contributed by atoms with Gasteiger partial charge in [-0.05, 0) is 18.1 Å². The molecule has 0 saturated carbocycles. The Bertz CT molecular complexity index is 684. The van der Waals surface area contributed by atoms with Gasteiger partial charge in [-0.15, -0.1) is 0 Å². The van der Waals surface area contributed by atoms with Gasteiger partial charge in [-0.3, -0.25) is 4.98 Å². The zero-order valence-corrected chi connectivity index (χ0v) is 10.8. The molecule has 0 spiro atoms. The van der Waals surface area contributed by atoms with Crippen molar-refractivity contribution >= 4 is 5.82 Å². The van der Waals surface area contributed by atoms with E-state index < -0.39 is 5.69 Å². The van der Waals surface area contributed by atoms with Crippen molar-refractivity contribution in [2.75, 3.05) is 11.9 Å². The molecular weight excluding hydrogens is 240 g/mol. The van der Waals surface area contributed by atoms with E-state index in [4.69, 9.17) is 5.26 Å². The number of aromatic amines is 1. The summed E-state index contributed by atoms with van der Waals surface area (Å²) in [6.07, 6.45) is 0. The van der Waals surface area contributed by atoms with Crippen LogP contribution in [0.3, 0.4) is 0 Å². The molecule has 0 saturated heterocycles. The highest BCUT2D eigenvalue weighted by molar-refractivity contribution is 5.42. The lowest BCUT2D eigenvalue weighted by molar-refractivity contribution is 0.872. The van der Waals surface area contributed by atoms with E-state index in [1.165, 1.54) is 5.56 Å². The second-order valence-electron chi connectivity index (χ2n) is 4.35. The fraction of sp³-hybridized carbons (Fsp3) is 0.214. The van der Waals surface area contributed by atoms with E-state index in [2.05, 4.69) is 9.97 Å². The van der Waals surface area contributed by atoms with E-state index >= 15 is 0 Å². The van der Waals surface area contributed by atoms with Gasteiger partial charge in [-0.1, -0.05) is 24.3 Å². The molecule has 5 heteroatoms. The Kier molecular flexibility index (Phi) is 3.62. The highest BCUT2D eigenvalue weighted by Crippen LogP contribution is 2.14. The summed E-state index contributed by atoms with van der Waals surface area (Å²) in [5.41, 5.74) is 2.04. The third-order valence-corrected chi connectivity index (χ3v) is 2.91. The predicted octanol–water partition coefficient (Wildman–Crippen LogP) is 1.59. The highest BCUT2D eigenvalue weighted by Gasteiger charge is 2.07. The van der Waals surface area contributed by atoms with Gasteiger partial charge in [0.25, 0.3) is 0 Å². The van der Waals surface area contributed by atoms with Crippen LogP contribution in [0.1, 0.15) is 16.8 Å². The van der Waals surface area contributed by atoms with Crippen LogP contribution in [-0.4, -0.2) is 17.0 Å². The van der Waals surface area contributed by atoms with Crippen LogP contribution in [0.2, 0.25) is 0 Å². The van der Waals surface area contributed by atoms with Crippen molar-refractivity contribution in [3.63, 3.8) is 0 Å². The first-order chi connectivity index (χ1) is 9.10. The Hall–Kier alpha value is -2.61. The minimum atomic E-state index is -0.509. The molecule has 1 aromatic heterocycles. The van der Waals surface area contributed by atoms with Crippen molar-refractivity contribution in [2.24, 2.45) is 0 Å². The Morgan fingerprint density at radius 1 is 1.42 bits per heavy atom. The monoisotopic (exact) mass is 254 g/mol. The molecule has 5 nitrogen and oxygen atoms in total. The second kappa shape index (κ2) is 5.36. The van der Waals surface area contributed by atoms with Gasteiger partial charge in [0, 0.05) is 19.7 Å². The van der Waals surface area contributed by atoms with Crippen molar-refractivity contribution in [2.45, 2.75) is 13.5 Å². The number of benzene rings is 1. The number of nitrogens with zero attached hydrogens (tertiary/aromatic N) is 3. The summed E-state index contributed by atoms with van der Waals surface area (Å²) >= 11 is 0. The molecule has 0 aliphatic heterocycles. The number of nitriles is 1. The Labute approximate surface area is 111 Å². The first kappa shape index (κ1) is 12.8. The van der Waals surface area contributed by atoms with Crippen LogP contribution in [0.5, 0.6) is 0 Å². The van der Waals surface area contributed by atoms with Crippen LogP contribution in [0, 0.1) is 18.3 Å². The number of anilines is 1. The van der Waals surface area contributed by atoms with Crippen LogP contribution in [0.25, 0.3) is 0 Å². The predicted molar refractivity (Wildman–Crippen MR) is 72.9 cm³/mol. The molecule has 0 aliphatic rings. The molecule has 0 bridgehead atoms. The van der Waals surface area contributed by atoms with E-state index in [1.54, 1.807) is 6.07 Å². The molecule has 0 unspecified atom stereocenters. The lowest BCUT2D eigenvalue weighted by Gasteiger charge is -2.19. The number of hydrogen-bond acceptors (Lipinski definition) is 4. The number of hydrogen-bond donors (Lipinski definition) is 1. The lowest BCUT2D eigenvalue weighted by atomic mass is 10.1. The highest BCUT2D eigenvalue weighted by atomic mass is 16.1. The van der Waals surface area contributed by atoms with Crippen LogP contribution in [0.4, 0.5) is 5.82 Å². The first-order valence-corrected chi connectivity index (χ1v) is 5.87. The maximum atomic E-state index is 11.3. The van der Waals surface area contributed by atoms with Crippen molar-refractivity contribution in [1.82, 2.24) is 9.97 Å². The summed E-state index contributed by atoms with van der Waals surface area (Å²) in [5, 5.41) is 8.84. The Morgan fingerprint density at radius 3 is 2.84 bits per heavy atom. The standard InChI is InChI=1S/C14H14N4O/c1-10-5-3-4-6-11(10)9-18(2)13-7-12(8-15)16-14(19)17-13/h3-7H,9H2,1-2H3,(H,16,17,19). The summed E-state index contributed by atoms with van der Waals surface area (Å²) < 4.78 is 0. The van der Waals surface area contributed by atoms with Crippen molar-refractivity contribution in [1.29, 1.82) is 5.26 Å². The zero-order valence-electron chi connectivity index (χ0n) is 10.8. The minimum Gasteiger partial charge on any atom is -0.355 e. The molecule has 1 N–H and O–H groups in total. The Balaban J connectivity index is 2.28. The maximum absolute atomic E-state index is 11.3. The molecule has 0 radical (unpaired) electrons. The molecule has 0 amide bonds. The number of aromatic nitrogens is 2.